The first-order valence-electron chi connectivity index (χ1n) is 11.6. The van der Waals surface area contributed by atoms with Gasteiger partial charge in [0, 0.05) is 12.7 Å². The van der Waals surface area contributed by atoms with Gasteiger partial charge in [-0.05, 0) is 30.2 Å². The summed E-state index contributed by atoms with van der Waals surface area (Å²) in [5.74, 6) is 0.604. The van der Waals surface area contributed by atoms with Crippen molar-refractivity contribution in [2.75, 3.05) is 7.11 Å². The molecule has 1 aromatic heterocycles. The third-order valence-corrected chi connectivity index (χ3v) is 6.90. The lowest BCUT2D eigenvalue weighted by molar-refractivity contribution is -0.146. The van der Waals surface area contributed by atoms with Gasteiger partial charge in [-0.1, -0.05) is 71.1 Å². The zero-order valence-electron chi connectivity index (χ0n) is 18.1. The fourth-order valence-electron chi connectivity index (χ4n) is 5.54. The van der Waals surface area contributed by atoms with E-state index in [1.165, 1.54) is 45.6 Å². The molecule has 162 valence electrons. The summed E-state index contributed by atoms with van der Waals surface area (Å²) < 4.78 is 6.92. The number of carbonyl (C=O) groups is 2. The quantitative estimate of drug-likeness (QED) is 0.655. The van der Waals surface area contributed by atoms with Crippen molar-refractivity contribution in [1.82, 2.24) is 15.1 Å². The Bertz CT molecular complexity index is 642. The molecule has 6 heteroatoms. The Balaban J connectivity index is 1.85. The number of ether oxygens (including phenoxy) is 1. The Morgan fingerprint density at radius 2 is 1.69 bits per heavy atom. The normalized spacial score (nSPS) is 19.8. The van der Waals surface area contributed by atoms with Crippen LogP contribution in [0.2, 0.25) is 0 Å². The molecule has 2 aliphatic carbocycles. The number of methoxy groups -OCH3 is 1. The Morgan fingerprint density at radius 3 is 2.21 bits per heavy atom. The van der Waals surface area contributed by atoms with E-state index < -0.39 is 6.04 Å². The van der Waals surface area contributed by atoms with Gasteiger partial charge in [0.2, 0.25) is 0 Å². The zero-order valence-corrected chi connectivity index (χ0v) is 18.1. The van der Waals surface area contributed by atoms with Gasteiger partial charge < -0.3 is 10.1 Å². The van der Waals surface area contributed by atoms with E-state index in [4.69, 9.17) is 4.74 Å². The van der Waals surface area contributed by atoms with E-state index in [0.717, 1.165) is 32.1 Å². The Morgan fingerprint density at radius 1 is 1.10 bits per heavy atom. The molecule has 6 nitrogen and oxygen atoms in total. The van der Waals surface area contributed by atoms with Crippen LogP contribution in [0.25, 0.3) is 0 Å². The van der Waals surface area contributed by atoms with Crippen molar-refractivity contribution in [1.29, 1.82) is 0 Å². The van der Waals surface area contributed by atoms with Crippen LogP contribution in [0.1, 0.15) is 88.0 Å². The highest BCUT2D eigenvalue weighted by Crippen LogP contribution is 2.42. The standard InChI is InChI=1S/C23H37N3O3/c1-3-16-26-19(14-15-24-26)22(27)25-21(23(28)29-2)20(17-10-6-4-7-11-17)18-12-8-5-9-13-18/h14-15,17-18,20-21H,3-13,16H2,1-2H3,(H,25,27)/t21-/m0/s1. The highest BCUT2D eigenvalue weighted by Gasteiger charge is 2.41. The first kappa shape index (κ1) is 21.8. The number of aryl methyl sites for hydroxylation is 1. The number of amides is 1. The minimum Gasteiger partial charge on any atom is -0.467 e. The maximum absolute atomic E-state index is 13.1. The molecule has 0 aliphatic heterocycles. The van der Waals surface area contributed by atoms with Crippen molar-refractivity contribution < 1.29 is 14.3 Å². The smallest absolute Gasteiger partial charge is 0.328 e. The van der Waals surface area contributed by atoms with Crippen LogP contribution in [0.15, 0.2) is 12.3 Å². The van der Waals surface area contributed by atoms with E-state index in [9.17, 15) is 9.59 Å². The number of nitrogens with zero attached hydrogens (tertiary/aromatic N) is 2. The Hall–Kier alpha value is -1.85. The molecule has 0 bridgehead atoms. The summed E-state index contributed by atoms with van der Waals surface area (Å²) in [6.07, 6.45) is 14.6. The molecule has 0 unspecified atom stereocenters. The van der Waals surface area contributed by atoms with Gasteiger partial charge in [-0.3, -0.25) is 9.48 Å². The van der Waals surface area contributed by atoms with Crippen LogP contribution in [0, 0.1) is 17.8 Å². The molecule has 2 aliphatic rings. The number of carbonyl (C=O) groups excluding carboxylic acids is 2. The minimum absolute atomic E-state index is 0.162. The molecule has 1 atom stereocenters. The lowest BCUT2D eigenvalue weighted by Crippen LogP contribution is -2.52. The molecule has 1 N–H and O–H groups in total. The van der Waals surface area contributed by atoms with Crippen LogP contribution in [-0.2, 0) is 16.1 Å². The van der Waals surface area contributed by atoms with E-state index in [1.54, 1.807) is 16.9 Å². The predicted molar refractivity (Wildman–Crippen MR) is 112 cm³/mol. The molecule has 1 heterocycles. The van der Waals surface area contributed by atoms with Crippen molar-refractivity contribution >= 4 is 11.9 Å². The van der Waals surface area contributed by atoms with E-state index in [-0.39, 0.29) is 17.8 Å². The van der Waals surface area contributed by atoms with Crippen LogP contribution in [0.3, 0.4) is 0 Å². The maximum atomic E-state index is 13.1. The summed E-state index contributed by atoms with van der Waals surface area (Å²) in [5.41, 5.74) is 0.520. The SMILES string of the molecule is CCCn1nccc1C(=O)N[C@H](C(=O)OC)C(C1CCCCC1)C1CCCCC1. The molecule has 2 saturated carbocycles. The molecule has 0 spiro atoms. The van der Waals surface area contributed by atoms with Crippen LogP contribution < -0.4 is 5.32 Å². The molecular formula is C23H37N3O3. The number of hydrogen-bond donors (Lipinski definition) is 1. The summed E-state index contributed by atoms with van der Waals surface area (Å²) >= 11 is 0. The van der Waals surface area contributed by atoms with Gasteiger partial charge in [0.25, 0.3) is 5.91 Å². The van der Waals surface area contributed by atoms with E-state index >= 15 is 0 Å². The molecule has 0 radical (unpaired) electrons. The number of hydrogen-bond acceptors (Lipinski definition) is 4. The van der Waals surface area contributed by atoms with Gasteiger partial charge in [0.05, 0.1) is 7.11 Å². The van der Waals surface area contributed by atoms with Gasteiger partial charge in [-0.15, -0.1) is 0 Å². The van der Waals surface area contributed by atoms with Crippen LogP contribution >= 0.6 is 0 Å². The molecule has 29 heavy (non-hydrogen) atoms. The van der Waals surface area contributed by atoms with E-state index in [1.807, 2.05) is 0 Å². The van der Waals surface area contributed by atoms with Gasteiger partial charge in [-0.25, -0.2) is 4.79 Å². The van der Waals surface area contributed by atoms with Gasteiger partial charge in [0.1, 0.15) is 11.7 Å². The number of esters is 1. The van der Waals surface area contributed by atoms with Gasteiger partial charge in [0.15, 0.2) is 0 Å². The lowest BCUT2D eigenvalue weighted by Gasteiger charge is -2.41. The van der Waals surface area contributed by atoms with Crippen LogP contribution in [0.5, 0.6) is 0 Å². The molecule has 3 rings (SSSR count). The fraction of sp³-hybridized carbons (Fsp3) is 0.783. The summed E-state index contributed by atoms with van der Waals surface area (Å²) in [6, 6.07) is 1.15. The molecule has 2 fully saturated rings. The van der Waals surface area contributed by atoms with Crippen molar-refractivity contribution in [3.63, 3.8) is 0 Å². The van der Waals surface area contributed by atoms with Crippen LogP contribution in [0.4, 0.5) is 0 Å². The molecule has 1 amide bonds. The number of nitrogens with one attached hydrogen (secondary N) is 1. The molecule has 0 saturated heterocycles. The van der Waals surface area contributed by atoms with Crippen molar-refractivity contribution in [2.24, 2.45) is 17.8 Å². The molecular weight excluding hydrogens is 366 g/mol. The monoisotopic (exact) mass is 403 g/mol. The molecule has 1 aromatic rings. The lowest BCUT2D eigenvalue weighted by atomic mass is 9.66. The van der Waals surface area contributed by atoms with Crippen molar-refractivity contribution in [3.8, 4) is 0 Å². The van der Waals surface area contributed by atoms with Crippen LogP contribution in [-0.4, -0.2) is 34.8 Å². The summed E-state index contributed by atoms with van der Waals surface area (Å²) in [7, 11) is 1.43. The minimum atomic E-state index is -0.580. The second-order valence-electron chi connectivity index (χ2n) is 8.79. The second kappa shape index (κ2) is 10.8. The highest BCUT2D eigenvalue weighted by atomic mass is 16.5. The maximum Gasteiger partial charge on any atom is 0.328 e. The average Bonchev–Trinajstić information content (AvgIpc) is 3.23. The summed E-state index contributed by atoms with van der Waals surface area (Å²) in [4.78, 5) is 26.0. The highest BCUT2D eigenvalue weighted by molar-refractivity contribution is 5.95. The third-order valence-electron chi connectivity index (χ3n) is 6.90. The van der Waals surface area contributed by atoms with E-state index in [0.29, 0.717) is 24.1 Å². The number of aromatic nitrogens is 2. The van der Waals surface area contributed by atoms with Crippen molar-refractivity contribution in [3.05, 3.63) is 18.0 Å². The summed E-state index contributed by atoms with van der Waals surface area (Å²) in [5, 5.41) is 7.35. The second-order valence-corrected chi connectivity index (χ2v) is 8.79. The largest absolute Gasteiger partial charge is 0.467 e. The third kappa shape index (κ3) is 5.40. The zero-order chi connectivity index (χ0) is 20.6. The predicted octanol–water partition coefficient (Wildman–Crippen LogP) is 4.34. The topological polar surface area (TPSA) is 73.2 Å². The first-order valence-corrected chi connectivity index (χ1v) is 11.6. The van der Waals surface area contributed by atoms with Crippen molar-refractivity contribution in [2.45, 2.75) is 90.1 Å². The fourth-order valence-corrected chi connectivity index (χ4v) is 5.54. The Kier molecular flexibility index (Phi) is 8.13. The Labute approximate surface area is 174 Å². The number of rotatable bonds is 8. The summed E-state index contributed by atoms with van der Waals surface area (Å²) in [6.45, 7) is 2.75. The van der Waals surface area contributed by atoms with Gasteiger partial charge >= 0.3 is 5.97 Å². The average molecular weight is 404 g/mol. The first-order chi connectivity index (χ1) is 14.2. The van der Waals surface area contributed by atoms with E-state index in [2.05, 4.69) is 17.3 Å². The van der Waals surface area contributed by atoms with Gasteiger partial charge in [-0.2, -0.15) is 5.10 Å². The molecule has 0 aromatic carbocycles.